The molecule has 1 aliphatic rings. The fourth-order valence-corrected chi connectivity index (χ4v) is 4.67. The molecule has 0 saturated heterocycles. The van der Waals surface area contributed by atoms with Gasteiger partial charge >= 0.3 is 0 Å². The summed E-state index contributed by atoms with van der Waals surface area (Å²) in [5, 5.41) is 0. The minimum atomic E-state index is -5.05. The number of hydrogen-bond donors (Lipinski definition) is 2. The molecule has 8 heteroatoms. The lowest BCUT2D eigenvalue weighted by Crippen LogP contribution is -2.44. The molecule has 0 aliphatic heterocycles. The van der Waals surface area contributed by atoms with Crippen LogP contribution >= 0.6 is 0 Å². The third-order valence-corrected chi connectivity index (χ3v) is 6.59. The molecule has 2 rings (SSSR count). The van der Waals surface area contributed by atoms with E-state index >= 15 is 0 Å². The number of allylic oxidation sites excluding steroid dienone is 1. The van der Waals surface area contributed by atoms with E-state index in [-0.39, 0.29) is 5.56 Å². The third-order valence-electron chi connectivity index (χ3n) is 2.89. The van der Waals surface area contributed by atoms with Crippen molar-refractivity contribution in [1.82, 2.24) is 0 Å². The lowest BCUT2D eigenvalue weighted by atomic mass is 9.96. The highest BCUT2D eigenvalue weighted by Gasteiger charge is 2.57. The van der Waals surface area contributed by atoms with Crippen molar-refractivity contribution in [2.75, 3.05) is 0 Å². The predicted octanol–water partition coefficient (Wildman–Crippen LogP) is 1.03. The fraction of sp³-hybridized carbons (Fsp3) is 0.200. The van der Waals surface area contributed by atoms with Crippen molar-refractivity contribution in [1.29, 1.82) is 0 Å². The summed E-state index contributed by atoms with van der Waals surface area (Å²) in [5.41, 5.74) is 0.163. The lowest BCUT2D eigenvalue weighted by molar-refractivity contribution is 0.423. The molecule has 0 fully saturated rings. The minimum Gasteiger partial charge on any atom is -0.284 e. The molecule has 18 heavy (non-hydrogen) atoms. The normalized spacial score (nSPS) is 18.3. The zero-order valence-electron chi connectivity index (χ0n) is 9.02. The zero-order chi connectivity index (χ0) is 13.6. The van der Waals surface area contributed by atoms with Crippen LogP contribution in [0.1, 0.15) is 17.5 Å². The summed E-state index contributed by atoms with van der Waals surface area (Å²) in [6.07, 6.45) is 2.27. The molecule has 0 spiro atoms. The van der Waals surface area contributed by atoms with Crippen molar-refractivity contribution in [2.24, 2.45) is 0 Å². The average molecular weight is 290 g/mol. The quantitative estimate of drug-likeness (QED) is 0.787. The first-order valence-electron chi connectivity index (χ1n) is 4.90. The summed E-state index contributed by atoms with van der Waals surface area (Å²) in [6.45, 7) is 0. The molecule has 1 aromatic rings. The maximum Gasteiger partial charge on any atom is 0.292 e. The fourth-order valence-electron chi connectivity index (χ4n) is 2.06. The van der Waals surface area contributed by atoms with Crippen LogP contribution in [0.5, 0.6) is 0 Å². The second-order valence-electron chi connectivity index (χ2n) is 3.90. The largest absolute Gasteiger partial charge is 0.292 e. The Morgan fingerprint density at radius 1 is 1.00 bits per heavy atom. The van der Waals surface area contributed by atoms with E-state index in [2.05, 4.69) is 0 Å². The van der Waals surface area contributed by atoms with E-state index in [1.807, 2.05) is 0 Å². The molecule has 0 unspecified atom stereocenters. The molecule has 0 radical (unpaired) electrons. The van der Waals surface area contributed by atoms with Gasteiger partial charge in [-0.05, 0) is 5.56 Å². The number of hydrogen-bond acceptors (Lipinski definition) is 4. The van der Waals surface area contributed by atoms with Crippen LogP contribution in [0.2, 0.25) is 0 Å². The molecular weight excluding hydrogens is 280 g/mol. The number of benzene rings is 1. The first-order valence-corrected chi connectivity index (χ1v) is 7.78. The van der Waals surface area contributed by atoms with Crippen molar-refractivity contribution in [2.45, 2.75) is 10.5 Å². The van der Waals surface area contributed by atoms with E-state index in [4.69, 9.17) is 0 Å². The highest BCUT2D eigenvalue weighted by Crippen LogP contribution is 2.43. The molecular formula is C10H10O6S2. The molecule has 2 N–H and O–H groups in total. The van der Waals surface area contributed by atoms with E-state index in [1.165, 1.54) is 30.4 Å². The summed E-state index contributed by atoms with van der Waals surface area (Å²) in [7, 11) is -10.1. The van der Waals surface area contributed by atoms with Crippen LogP contribution in [-0.2, 0) is 24.3 Å². The summed E-state index contributed by atoms with van der Waals surface area (Å²) < 4.78 is 61.8. The van der Waals surface area contributed by atoms with Crippen LogP contribution in [-0.4, -0.2) is 25.9 Å². The molecule has 0 saturated carbocycles. The van der Waals surface area contributed by atoms with E-state index < -0.39 is 30.7 Å². The molecule has 98 valence electrons. The number of rotatable bonds is 2. The summed E-state index contributed by atoms with van der Waals surface area (Å²) in [4.78, 5) is 0. The molecule has 1 aliphatic carbocycles. The summed E-state index contributed by atoms with van der Waals surface area (Å²) in [5.74, 6) is 0. The van der Waals surface area contributed by atoms with Gasteiger partial charge < -0.3 is 0 Å². The molecule has 0 atom stereocenters. The smallest absolute Gasteiger partial charge is 0.284 e. The highest BCUT2D eigenvalue weighted by atomic mass is 32.3. The molecule has 1 aromatic carbocycles. The minimum absolute atomic E-state index is 0.155. The topological polar surface area (TPSA) is 109 Å². The van der Waals surface area contributed by atoms with Gasteiger partial charge in [0, 0.05) is 12.0 Å². The summed E-state index contributed by atoms with van der Waals surface area (Å²) >= 11 is 0. The maximum absolute atomic E-state index is 11.5. The van der Waals surface area contributed by atoms with Crippen LogP contribution in [0.25, 0.3) is 6.08 Å². The Balaban J connectivity index is 2.93. The zero-order valence-corrected chi connectivity index (χ0v) is 10.6. The van der Waals surface area contributed by atoms with Crippen LogP contribution in [0.3, 0.4) is 0 Å². The van der Waals surface area contributed by atoms with E-state index in [0.29, 0.717) is 5.56 Å². The highest BCUT2D eigenvalue weighted by molar-refractivity contribution is 8.04. The van der Waals surface area contributed by atoms with Crippen LogP contribution in [0.15, 0.2) is 30.3 Å². The monoisotopic (exact) mass is 290 g/mol. The Morgan fingerprint density at radius 3 is 2.11 bits per heavy atom. The van der Waals surface area contributed by atoms with Crippen molar-refractivity contribution in [3.05, 3.63) is 41.5 Å². The van der Waals surface area contributed by atoms with Gasteiger partial charge in [0.2, 0.25) is 0 Å². The van der Waals surface area contributed by atoms with Gasteiger partial charge in [-0.1, -0.05) is 36.4 Å². The Morgan fingerprint density at radius 2 is 1.56 bits per heavy atom. The van der Waals surface area contributed by atoms with E-state index in [9.17, 15) is 25.9 Å². The first kappa shape index (κ1) is 13.2. The molecule has 0 amide bonds. The van der Waals surface area contributed by atoms with Crippen LogP contribution < -0.4 is 0 Å². The summed E-state index contributed by atoms with van der Waals surface area (Å²) in [6, 6.07) is 5.77. The van der Waals surface area contributed by atoms with Gasteiger partial charge in [0.25, 0.3) is 24.3 Å². The third kappa shape index (κ3) is 1.69. The van der Waals surface area contributed by atoms with Crippen LogP contribution in [0, 0.1) is 0 Å². The van der Waals surface area contributed by atoms with Gasteiger partial charge in [0.1, 0.15) is 0 Å². The molecule has 0 aromatic heterocycles. The SMILES string of the molecule is O=S(=O)(O)C1(S(=O)(=O)O)CC=Cc2ccccc21. The average Bonchev–Trinajstić information content (AvgIpc) is 2.25. The second kappa shape index (κ2) is 3.89. The second-order valence-corrected chi connectivity index (χ2v) is 7.45. The molecule has 6 nitrogen and oxygen atoms in total. The van der Waals surface area contributed by atoms with E-state index in [0.717, 1.165) is 0 Å². The lowest BCUT2D eigenvalue weighted by Gasteiger charge is -2.30. The molecule has 0 heterocycles. The van der Waals surface area contributed by atoms with Gasteiger partial charge in [0.15, 0.2) is 0 Å². The van der Waals surface area contributed by atoms with Gasteiger partial charge in [0.05, 0.1) is 0 Å². The standard InChI is InChI=1S/C10H10O6S2/c11-17(12,13)10(18(14,15)16)7-3-5-8-4-1-2-6-9(8)10/h1-6H,7H2,(H,11,12,13)(H,14,15,16). The van der Waals surface area contributed by atoms with Crippen molar-refractivity contribution >= 4 is 26.3 Å². The Labute approximate surface area is 104 Å². The van der Waals surface area contributed by atoms with Gasteiger partial charge in [-0.3, -0.25) is 9.11 Å². The van der Waals surface area contributed by atoms with Gasteiger partial charge in [-0.15, -0.1) is 0 Å². The van der Waals surface area contributed by atoms with Crippen molar-refractivity contribution < 1.29 is 25.9 Å². The van der Waals surface area contributed by atoms with Crippen LogP contribution in [0.4, 0.5) is 0 Å². The van der Waals surface area contributed by atoms with Crippen molar-refractivity contribution in [3.63, 3.8) is 0 Å². The number of fused-ring (bicyclic) bond motifs is 1. The Bertz CT molecular complexity index is 682. The van der Waals surface area contributed by atoms with Gasteiger partial charge in [-0.2, -0.15) is 16.8 Å². The Kier molecular flexibility index (Phi) is 2.85. The van der Waals surface area contributed by atoms with Crippen molar-refractivity contribution in [3.8, 4) is 0 Å². The van der Waals surface area contributed by atoms with E-state index in [1.54, 1.807) is 6.07 Å². The predicted molar refractivity (Wildman–Crippen MR) is 64.9 cm³/mol. The van der Waals surface area contributed by atoms with Gasteiger partial charge in [-0.25, -0.2) is 0 Å². The Hall–Kier alpha value is -1.22. The maximum atomic E-state index is 11.5. The first-order chi connectivity index (χ1) is 8.20. The molecule has 0 bridgehead atoms.